The number of fused-ring (bicyclic) bond motifs is 1. The summed E-state index contributed by atoms with van der Waals surface area (Å²) in [6.45, 7) is 3.48. The average Bonchev–Trinajstić information content (AvgIpc) is 3.00. The SMILES string of the molecule is CCCc1cc(OC)ccc1-c1cn2c(c1C(N)=O)CN(C(N)=O)CC2. The van der Waals surface area contributed by atoms with Gasteiger partial charge in [0.2, 0.25) is 0 Å². The van der Waals surface area contributed by atoms with Crippen molar-refractivity contribution in [2.75, 3.05) is 13.7 Å². The van der Waals surface area contributed by atoms with Gasteiger partial charge in [0.15, 0.2) is 0 Å². The summed E-state index contributed by atoms with van der Waals surface area (Å²) in [6, 6.07) is 5.34. The van der Waals surface area contributed by atoms with Crippen LogP contribution in [0.4, 0.5) is 4.79 Å². The fraction of sp³-hybridized carbons (Fsp3) is 0.368. The van der Waals surface area contributed by atoms with E-state index in [1.165, 1.54) is 4.90 Å². The number of hydrogen-bond donors (Lipinski definition) is 2. The van der Waals surface area contributed by atoms with E-state index in [1.807, 2.05) is 29.0 Å². The smallest absolute Gasteiger partial charge is 0.315 e. The Balaban J connectivity index is 2.15. The topological polar surface area (TPSA) is 104 Å². The second-order valence-electron chi connectivity index (χ2n) is 6.45. The summed E-state index contributed by atoms with van der Waals surface area (Å²) in [5.74, 6) is 0.278. The summed E-state index contributed by atoms with van der Waals surface area (Å²) in [4.78, 5) is 25.3. The summed E-state index contributed by atoms with van der Waals surface area (Å²) in [5.41, 5.74) is 15.2. The third-order valence-electron chi connectivity index (χ3n) is 4.82. The predicted molar refractivity (Wildman–Crippen MR) is 98.9 cm³/mol. The highest BCUT2D eigenvalue weighted by Crippen LogP contribution is 2.35. The Kier molecular flexibility index (Phi) is 4.88. The second kappa shape index (κ2) is 7.11. The minimum Gasteiger partial charge on any atom is -0.497 e. The molecule has 0 bridgehead atoms. The molecule has 0 fully saturated rings. The zero-order valence-electron chi connectivity index (χ0n) is 15.1. The molecule has 2 aromatic rings. The van der Waals surface area contributed by atoms with E-state index in [0.717, 1.165) is 41.0 Å². The minimum atomic E-state index is -0.502. The van der Waals surface area contributed by atoms with Crippen molar-refractivity contribution >= 4 is 11.9 Å². The number of amides is 3. The van der Waals surface area contributed by atoms with E-state index in [9.17, 15) is 9.59 Å². The molecule has 0 radical (unpaired) electrons. The van der Waals surface area contributed by atoms with Gasteiger partial charge < -0.3 is 25.7 Å². The van der Waals surface area contributed by atoms with Gasteiger partial charge in [0.05, 0.1) is 24.9 Å². The van der Waals surface area contributed by atoms with Crippen LogP contribution in [0, 0.1) is 0 Å². The van der Waals surface area contributed by atoms with Crippen LogP contribution in [-0.4, -0.2) is 35.1 Å². The van der Waals surface area contributed by atoms with Crippen molar-refractivity contribution < 1.29 is 14.3 Å². The summed E-state index contributed by atoms with van der Waals surface area (Å²) >= 11 is 0. The molecule has 4 N–H and O–H groups in total. The van der Waals surface area contributed by atoms with E-state index in [0.29, 0.717) is 18.7 Å². The lowest BCUT2D eigenvalue weighted by molar-refractivity contribution is 0.0997. The van der Waals surface area contributed by atoms with Gasteiger partial charge in [-0.25, -0.2) is 4.79 Å². The Morgan fingerprint density at radius 1 is 1.19 bits per heavy atom. The monoisotopic (exact) mass is 356 g/mol. The molecule has 1 aromatic heterocycles. The van der Waals surface area contributed by atoms with Crippen molar-refractivity contribution in [1.29, 1.82) is 0 Å². The number of aryl methyl sites for hydroxylation is 1. The second-order valence-corrected chi connectivity index (χ2v) is 6.45. The summed E-state index contributed by atoms with van der Waals surface area (Å²) in [5, 5.41) is 0. The first-order valence-corrected chi connectivity index (χ1v) is 8.69. The number of carbonyl (C=O) groups excluding carboxylic acids is 2. The lowest BCUT2D eigenvalue weighted by Crippen LogP contribution is -2.41. The van der Waals surface area contributed by atoms with Crippen LogP contribution in [0.5, 0.6) is 5.75 Å². The first kappa shape index (κ1) is 17.8. The maximum absolute atomic E-state index is 12.2. The van der Waals surface area contributed by atoms with E-state index < -0.39 is 11.9 Å². The number of carbonyl (C=O) groups is 2. The maximum Gasteiger partial charge on any atom is 0.315 e. The van der Waals surface area contributed by atoms with E-state index in [1.54, 1.807) is 7.11 Å². The fourth-order valence-electron chi connectivity index (χ4n) is 3.56. The van der Waals surface area contributed by atoms with E-state index in [4.69, 9.17) is 16.2 Å². The minimum absolute atomic E-state index is 0.285. The van der Waals surface area contributed by atoms with Gasteiger partial charge in [0.25, 0.3) is 5.91 Å². The molecule has 0 unspecified atom stereocenters. The molecule has 3 rings (SSSR count). The van der Waals surface area contributed by atoms with Gasteiger partial charge in [-0.2, -0.15) is 0 Å². The molecule has 2 heterocycles. The number of primary amides is 2. The van der Waals surface area contributed by atoms with Crippen LogP contribution in [0.25, 0.3) is 11.1 Å². The van der Waals surface area contributed by atoms with Crippen LogP contribution in [0.15, 0.2) is 24.4 Å². The normalized spacial score (nSPS) is 13.4. The molecule has 7 nitrogen and oxygen atoms in total. The first-order chi connectivity index (χ1) is 12.5. The number of ether oxygens (including phenoxy) is 1. The number of rotatable bonds is 5. The molecule has 138 valence electrons. The van der Waals surface area contributed by atoms with Crippen molar-refractivity contribution in [1.82, 2.24) is 9.47 Å². The summed E-state index contributed by atoms with van der Waals surface area (Å²) in [7, 11) is 1.63. The third-order valence-corrected chi connectivity index (χ3v) is 4.82. The Labute approximate surface area is 152 Å². The van der Waals surface area contributed by atoms with Gasteiger partial charge in [-0.3, -0.25) is 4.79 Å². The lowest BCUT2D eigenvalue weighted by Gasteiger charge is -2.27. The Morgan fingerprint density at radius 2 is 1.96 bits per heavy atom. The van der Waals surface area contributed by atoms with Crippen LogP contribution in [-0.2, 0) is 19.5 Å². The third kappa shape index (κ3) is 3.12. The number of methoxy groups -OCH3 is 1. The zero-order valence-corrected chi connectivity index (χ0v) is 15.1. The molecule has 7 heteroatoms. The molecular formula is C19H24N4O3. The molecule has 1 aliphatic heterocycles. The predicted octanol–water partition coefficient (Wildman–Crippen LogP) is 2.11. The molecule has 0 saturated heterocycles. The molecule has 0 spiro atoms. The lowest BCUT2D eigenvalue weighted by atomic mass is 9.94. The number of hydrogen-bond acceptors (Lipinski definition) is 3. The van der Waals surface area contributed by atoms with Gasteiger partial charge in [-0.1, -0.05) is 19.4 Å². The Bertz CT molecular complexity index is 857. The number of nitrogens with zero attached hydrogens (tertiary/aromatic N) is 2. The average molecular weight is 356 g/mol. The molecule has 3 amide bonds. The first-order valence-electron chi connectivity index (χ1n) is 8.69. The van der Waals surface area contributed by atoms with Crippen molar-refractivity contribution in [3.63, 3.8) is 0 Å². The zero-order chi connectivity index (χ0) is 18.8. The highest BCUT2D eigenvalue weighted by molar-refractivity contribution is 6.02. The van der Waals surface area contributed by atoms with Crippen molar-refractivity contribution in [2.45, 2.75) is 32.9 Å². The standard InChI is InChI=1S/C19H24N4O3/c1-3-4-12-9-13(26-2)5-6-14(12)15-10-22-7-8-23(19(21)25)11-16(22)17(15)18(20)24/h5-6,9-10H,3-4,7-8,11H2,1-2H3,(H2,20,24)(H2,21,25). The molecule has 0 atom stereocenters. The van der Waals surface area contributed by atoms with Gasteiger partial charge in [0.1, 0.15) is 5.75 Å². The number of aromatic nitrogens is 1. The number of urea groups is 1. The van der Waals surface area contributed by atoms with E-state index in [-0.39, 0.29) is 6.54 Å². The highest BCUT2D eigenvalue weighted by Gasteiger charge is 2.28. The highest BCUT2D eigenvalue weighted by atomic mass is 16.5. The summed E-state index contributed by atoms with van der Waals surface area (Å²) < 4.78 is 7.33. The van der Waals surface area contributed by atoms with Gasteiger partial charge in [0, 0.05) is 24.8 Å². The van der Waals surface area contributed by atoms with Crippen LogP contribution in [0.2, 0.25) is 0 Å². The number of nitrogens with two attached hydrogens (primary N) is 2. The molecule has 0 saturated carbocycles. The van der Waals surface area contributed by atoms with Crippen molar-refractivity contribution in [3.05, 3.63) is 41.2 Å². The maximum atomic E-state index is 12.2. The molecular weight excluding hydrogens is 332 g/mol. The van der Waals surface area contributed by atoms with Gasteiger partial charge >= 0.3 is 6.03 Å². The van der Waals surface area contributed by atoms with E-state index in [2.05, 4.69) is 6.92 Å². The fourth-order valence-corrected chi connectivity index (χ4v) is 3.56. The largest absolute Gasteiger partial charge is 0.497 e. The van der Waals surface area contributed by atoms with Crippen LogP contribution in [0.3, 0.4) is 0 Å². The van der Waals surface area contributed by atoms with Crippen LogP contribution < -0.4 is 16.2 Å². The number of benzene rings is 1. The van der Waals surface area contributed by atoms with Gasteiger partial charge in [-0.15, -0.1) is 0 Å². The van der Waals surface area contributed by atoms with Gasteiger partial charge in [-0.05, 0) is 29.7 Å². The van der Waals surface area contributed by atoms with Crippen LogP contribution in [0.1, 0.15) is 35.0 Å². The van der Waals surface area contributed by atoms with Crippen LogP contribution >= 0.6 is 0 Å². The molecule has 1 aliphatic rings. The Morgan fingerprint density at radius 3 is 2.58 bits per heavy atom. The molecule has 1 aromatic carbocycles. The molecule has 26 heavy (non-hydrogen) atoms. The van der Waals surface area contributed by atoms with Crippen molar-refractivity contribution in [3.8, 4) is 16.9 Å². The Hall–Kier alpha value is -2.96. The quantitative estimate of drug-likeness (QED) is 0.857. The van der Waals surface area contributed by atoms with E-state index >= 15 is 0 Å². The summed E-state index contributed by atoms with van der Waals surface area (Å²) in [6.07, 6.45) is 3.78. The molecule has 0 aliphatic carbocycles. The van der Waals surface area contributed by atoms with Crippen molar-refractivity contribution in [2.24, 2.45) is 11.5 Å².